The Kier molecular flexibility index (Phi) is 6.61. The second-order valence-electron chi connectivity index (χ2n) is 8.51. The standard InChI is InChI=1S/C29H25ClN2O4/c1-3-36-29(34)25-17-31-14-13-23-24-16-19(18-7-10-22(35-2)11-8-18)9-12-26(24)32(27(23)25)28(33)20-5-4-6-21(30)15-20/h4-12,15-17,25H,3,13-14H2,1-2H3. The van der Waals surface area contributed by atoms with Crippen molar-refractivity contribution in [3.63, 3.8) is 0 Å². The van der Waals surface area contributed by atoms with Crippen molar-refractivity contribution in [1.82, 2.24) is 4.57 Å². The van der Waals surface area contributed by atoms with E-state index in [9.17, 15) is 9.59 Å². The third-order valence-corrected chi connectivity index (χ3v) is 6.63. The average Bonchev–Trinajstić information content (AvgIpc) is 3.05. The van der Waals surface area contributed by atoms with Crippen molar-refractivity contribution >= 4 is 40.6 Å². The summed E-state index contributed by atoms with van der Waals surface area (Å²) in [7, 11) is 1.64. The summed E-state index contributed by atoms with van der Waals surface area (Å²) in [6.45, 7) is 2.52. The predicted molar refractivity (Wildman–Crippen MR) is 142 cm³/mol. The van der Waals surface area contributed by atoms with Gasteiger partial charge in [0, 0.05) is 34.4 Å². The predicted octanol–water partition coefficient (Wildman–Crippen LogP) is 5.93. The lowest BCUT2D eigenvalue weighted by Gasteiger charge is -2.16. The molecule has 36 heavy (non-hydrogen) atoms. The van der Waals surface area contributed by atoms with Gasteiger partial charge >= 0.3 is 5.97 Å². The molecule has 0 radical (unpaired) electrons. The summed E-state index contributed by atoms with van der Waals surface area (Å²) in [5.41, 5.74) is 4.70. The van der Waals surface area contributed by atoms with E-state index >= 15 is 0 Å². The van der Waals surface area contributed by atoms with Gasteiger partial charge in [0.1, 0.15) is 11.7 Å². The molecule has 0 saturated carbocycles. The van der Waals surface area contributed by atoms with Crippen LogP contribution in [0, 0.1) is 0 Å². The molecule has 0 amide bonds. The SMILES string of the molecule is CCOC(=O)C1C=NCCc2c1n(C(=O)c1cccc(Cl)c1)c1ccc(-c3ccc(OC)cc3)cc21. The smallest absolute Gasteiger partial charge is 0.320 e. The van der Waals surface area contributed by atoms with E-state index in [0.717, 1.165) is 33.3 Å². The fraction of sp³-hybridized carbons (Fsp3) is 0.207. The molecule has 6 nitrogen and oxygen atoms in total. The van der Waals surface area contributed by atoms with Crippen LogP contribution in [0.1, 0.15) is 34.5 Å². The number of carbonyl (C=O) groups excluding carboxylic acids is 2. The molecule has 7 heteroatoms. The molecule has 2 heterocycles. The summed E-state index contributed by atoms with van der Waals surface area (Å²) in [5.74, 6) is -0.697. The minimum absolute atomic E-state index is 0.239. The van der Waals surface area contributed by atoms with E-state index in [1.54, 1.807) is 49.1 Å². The van der Waals surface area contributed by atoms with Gasteiger partial charge in [0.2, 0.25) is 0 Å². The van der Waals surface area contributed by atoms with Crippen LogP contribution in [0.4, 0.5) is 0 Å². The van der Waals surface area contributed by atoms with E-state index in [1.165, 1.54) is 0 Å². The molecule has 3 aromatic carbocycles. The largest absolute Gasteiger partial charge is 0.497 e. The number of fused-ring (bicyclic) bond motifs is 3. The van der Waals surface area contributed by atoms with Crippen LogP contribution < -0.4 is 4.74 Å². The molecule has 1 atom stereocenters. The van der Waals surface area contributed by atoms with Gasteiger partial charge in [-0.25, -0.2) is 0 Å². The van der Waals surface area contributed by atoms with E-state index in [4.69, 9.17) is 21.1 Å². The number of benzene rings is 3. The van der Waals surface area contributed by atoms with Crippen LogP contribution in [-0.4, -0.2) is 42.9 Å². The number of rotatable bonds is 5. The number of nitrogens with zero attached hydrogens (tertiary/aromatic N) is 2. The number of hydrogen-bond acceptors (Lipinski definition) is 5. The lowest BCUT2D eigenvalue weighted by molar-refractivity contribution is -0.143. The Morgan fingerprint density at radius 1 is 1.06 bits per heavy atom. The van der Waals surface area contributed by atoms with Crippen molar-refractivity contribution in [2.75, 3.05) is 20.3 Å². The Morgan fingerprint density at radius 3 is 2.56 bits per heavy atom. The van der Waals surface area contributed by atoms with Gasteiger partial charge < -0.3 is 9.47 Å². The molecule has 0 bridgehead atoms. The molecular weight excluding hydrogens is 476 g/mol. The third kappa shape index (κ3) is 4.29. The van der Waals surface area contributed by atoms with Gasteiger partial charge in [-0.3, -0.25) is 19.1 Å². The highest BCUT2D eigenvalue weighted by Crippen LogP contribution is 2.37. The fourth-order valence-electron chi connectivity index (χ4n) is 4.73. The lowest BCUT2D eigenvalue weighted by Crippen LogP contribution is -2.24. The molecule has 1 aliphatic rings. The highest BCUT2D eigenvalue weighted by molar-refractivity contribution is 6.31. The number of ether oxygens (including phenoxy) is 2. The van der Waals surface area contributed by atoms with Crippen LogP contribution in [0.25, 0.3) is 22.0 Å². The Balaban J connectivity index is 1.75. The van der Waals surface area contributed by atoms with Gasteiger partial charge in [-0.2, -0.15) is 0 Å². The molecule has 0 spiro atoms. The van der Waals surface area contributed by atoms with Crippen LogP contribution in [0.3, 0.4) is 0 Å². The fourth-order valence-corrected chi connectivity index (χ4v) is 4.92. The molecule has 1 aromatic heterocycles. The van der Waals surface area contributed by atoms with Crippen LogP contribution >= 0.6 is 11.6 Å². The van der Waals surface area contributed by atoms with Crippen LogP contribution in [0.15, 0.2) is 71.7 Å². The first-order valence-electron chi connectivity index (χ1n) is 11.8. The molecule has 0 fully saturated rings. The first-order valence-corrected chi connectivity index (χ1v) is 12.2. The Morgan fingerprint density at radius 2 is 1.83 bits per heavy atom. The minimum atomic E-state index is -0.789. The van der Waals surface area contributed by atoms with Gasteiger partial charge in [-0.15, -0.1) is 0 Å². The summed E-state index contributed by atoms with van der Waals surface area (Å²) in [6, 6.07) is 20.6. The molecule has 1 aliphatic heterocycles. The quantitative estimate of drug-likeness (QED) is 0.318. The Bertz CT molecular complexity index is 1490. The Hall–Kier alpha value is -3.90. The average molecular weight is 501 g/mol. The topological polar surface area (TPSA) is 69.9 Å². The first-order chi connectivity index (χ1) is 17.5. The second-order valence-corrected chi connectivity index (χ2v) is 8.95. The number of halogens is 1. The summed E-state index contributed by atoms with van der Waals surface area (Å²) < 4.78 is 12.3. The highest BCUT2D eigenvalue weighted by atomic mass is 35.5. The molecule has 4 aromatic rings. The van der Waals surface area contributed by atoms with Gasteiger partial charge in [-0.1, -0.05) is 35.9 Å². The number of esters is 1. The summed E-state index contributed by atoms with van der Waals surface area (Å²) in [5, 5.41) is 1.38. The molecule has 0 saturated heterocycles. The van der Waals surface area contributed by atoms with Crippen molar-refractivity contribution in [1.29, 1.82) is 0 Å². The van der Waals surface area contributed by atoms with Crippen molar-refractivity contribution in [3.8, 4) is 16.9 Å². The second kappa shape index (κ2) is 9.99. The molecule has 0 N–H and O–H groups in total. The van der Waals surface area contributed by atoms with Gasteiger partial charge in [-0.05, 0) is 72.5 Å². The van der Waals surface area contributed by atoms with Gasteiger partial charge in [0.05, 0.1) is 19.2 Å². The monoisotopic (exact) mass is 500 g/mol. The van der Waals surface area contributed by atoms with E-state index < -0.39 is 11.9 Å². The van der Waals surface area contributed by atoms with E-state index in [1.807, 2.05) is 36.4 Å². The van der Waals surface area contributed by atoms with Crippen molar-refractivity contribution in [2.24, 2.45) is 4.99 Å². The van der Waals surface area contributed by atoms with Gasteiger partial charge in [0.25, 0.3) is 5.91 Å². The van der Waals surface area contributed by atoms with Crippen molar-refractivity contribution in [2.45, 2.75) is 19.3 Å². The minimum Gasteiger partial charge on any atom is -0.497 e. The van der Waals surface area contributed by atoms with Crippen molar-refractivity contribution in [3.05, 3.63) is 88.6 Å². The summed E-state index contributed by atoms with van der Waals surface area (Å²) >= 11 is 6.20. The van der Waals surface area contributed by atoms with Crippen LogP contribution in [-0.2, 0) is 16.0 Å². The highest BCUT2D eigenvalue weighted by Gasteiger charge is 2.33. The normalized spacial score (nSPS) is 14.8. The zero-order chi connectivity index (χ0) is 25.2. The van der Waals surface area contributed by atoms with E-state index in [2.05, 4.69) is 11.1 Å². The Labute approximate surface area is 214 Å². The molecular formula is C29H25ClN2O4. The number of aromatic nitrogens is 1. The molecule has 182 valence electrons. The maximum Gasteiger partial charge on any atom is 0.320 e. The third-order valence-electron chi connectivity index (χ3n) is 6.39. The zero-order valence-corrected chi connectivity index (χ0v) is 20.8. The summed E-state index contributed by atoms with van der Waals surface area (Å²) in [6.07, 6.45) is 2.20. The maximum atomic E-state index is 13.9. The number of methoxy groups -OCH3 is 1. The lowest BCUT2D eigenvalue weighted by atomic mass is 9.97. The molecule has 5 rings (SSSR count). The van der Waals surface area contributed by atoms with Gasteiger partial charge in [0.15, 0.2) is 0 Å². The van der Waals surface area contributed by atoms with Crippen LogP contribution in [0.2, 0.25) is 5.02 Å². The number of hydrogen-bond donors (Lipinski definition) is 0. The van der Waals surface area contributed by atoms with E-state index in [0.29, 0.717) is 29.2 Å². The van der Waals surface area contributed by atoms with Crippen LogP contribution in [0.5, 0.6) is 5.75 Å². The first kappa shape index (κ1) is 23.8. The summed E-state index contributed by atoms with van der Waals surface area (Å²) in [4.78, 5) is 31.4. The molecule has 1 unspecified atom stereocenters. The maximum absolute atomic E-state index is 13.9. The number of aliphatic imine (C=N–C) groups is 1. The van der Waals surface area contributed by atoms with Crippen molar-refractivity contribution < 1.29 is 19.1 Å². The number of carbonyl (C=O) groups is 2. The van der Waals surface area contributed by atoms with E-state index in [-0.39, 0.29) is 12.5 Å². The zero-order valence-electron chi connectivity index (χ0n) is 20.0. The molecule has 0 aliphatic carbocycles.